The summed E-state index contributed by atoms with van der Waals surface area (Å²) in [5.41, 5.74) is -0.296. The molecule has 0 unspecified atom stereocenters. The summed E-state index contributed by atoms with van der Waals surface area (Å²) in [7, 11) is 4.13. The fourth-order valence-corrected chi connectivity index (χ4v) is 3.90. The van der Waals surface area contributed by atoms with Crippen molar-refractivity contribution in [3.8, 4) is 11.4 Å². The smallest absolute Gasteiger partial charge is 0.228 e. The lowest BCUT2D eigenvalue weighted by molar-refractivity contribution is 0.221. The lowest BCUT2D eigenvalue weighted by atomic mass is 9.91. The zero-order valence-corrected chi connectivity index (χ0v) is 16.7. The molecule has 2 aromatic heterocycles. The van der Waals surface area contributed by atoms with Crippen LogP contribution in [-0.4, -0.2) is 50.7 Å². The molecule has 0 atom stereocenters. The molecule has 1 N–H and O–H groups in total. The van der Waals surface area contributed by atoms with E-state index >= 15 is 0 Å². The number of halogens is 4. The number of fused-ring (bicyclic) bond motifs is 1. The van der Waals surface area contributed by atoms with E-state index in [2.05, 4.69) is 39.4 Å². The first-order valence-electron chi connectivity index (χ1n) is 9.32. The third-order valence-electron chi connectivity index (χ3n) is 5.32. The van der Waals surface area contributed by atoms with Gasteiger partial charge in [0.05, 0.1) is 11.8 Å². The maximum atomic E-state index is 14.3. The lowest BCUT2D eigenvalue weighted by Crippen LogP contribution is -2.36. The number of benzene rings is 1. The van der Waals surface area contributed by atoms with E-state index in [1.807, 2.05) is 0 Å². The molecule has 3 aromatic rings. The number of nitrogens with one attached hydrogen (secondary N) is 1. The minimum atomic E-state index is -1.08. The monoisotopic (exact) mass is 424 g/mol. The van der Waals surface area contributed by atoms with Crippen molar-refractivity contribution in [2.75, 3.05) is 19.4 Å². The molecule has 1 fully saturated rings. The molecule has 2 heterocycles. The highest BCUT2D eigenvalue weighted by atomic mass is 35.5. The minimum Gasteiger partial charge on any atom is -0.351 e. The standard InChI is InChI=1S/C19H20ClF3N6/c1-28(2)12-5-3-11(4-6-12)25-19-27-17(26-18-13(20)9-24-29(18)19)16-14(22)7-10(21)8-15(16)23/h7-9,11-12H,3-6H2,1-2H3,(H,25,26,27). The van der Waals surface area contributed by atoms with Crippen LogP contribution in [0.1, 0.15) is 25.7 Å². The van der Waals surface area contributed by atoms with Crippen LogP contribution in [0.15, 0.2) is 18.3 Å². The van der Waals surface area contributed by atoms with Crippen LogP contribution < -0.4 is 5.32 Å². The molecule has 6 nitrogen and oxygen atoms in total. The Hall–Kier alpha value is -2.39. The van der Waals surface area contributed by atoms with Gasteiger partial charge in [0, 0.05) is 24.2 Å². The third-order valence-corrected chi connectivity index (χ3v) is 5.58. The second-order valence-corrected chi connectivity index (χ2v) is 7.86. The van der Waals surface area contributed by atoms with E-state index in [4.69, 9.17) is 11.6 Å². The van der Waals surface area contributed by atoms with Gasteiger partial charge in [-0.2, -0.15) is 14.6 Å². The van der Waals surface area contributed by atoms with Gasteiger partial charge < -0.3 is 10.2 Å². The Labute approximate surface area is 170 Å². The summed E-state index contributed by atoms with van der Waals surface area (Å²) in [5, 5.41) is 7.69. The Balaban J connectivity index is 1.72. The van der Waals surface area contributed by atoms with Gasteiger partial charge in [-0.15, -0.1) is 0 Å². The van der Waals surface area contributed by atoms with Gasteiger partial charge in [0.2, 0.25) is 5.95 Å². The number of nitrogens with zero attached hydrogens (tertiary/aromatic N) is 5. The molecule has 154 valence electrons. The van der Waals surface area contributed by atoms with Crippen LogP contribution >= 0.6 is 11.6 Å². The molecule has 1 saturated carbocycles. The summed E-state index contributed by atoms with van der Waals surface area (Å²) in [6.45, 7) is 0. The average Bonchev–Trinajstić information content (AvgIpc) is 3.03. The van der Waals surface area contributed by atoms with Gasteiger partial charge in [-0.1, -0.05) is 11.6 Å². The van der Waals surface area contributed by atoms with Crippen molar-refractivity contribution in [2.45, 2.75) is 37.8 Å². The topological polar surface area (TPSA) is 58.3 Å². The first-order chi connectivity index (χ1) is 13.8. The van der Waals surface area contributed by atoms with Crippen LogP contribution in [-0.2, 0) is 0 Å². The molecule has 10 heteroatoms. The predicted molar refractivity (Wildman–Crippen MR) is 104 cm³/mol. The van der Waals surface area contributed by atoms with Crippen molar-refractivity contribution in [1.82, 2.24) is 24.5 Å². The molecule has 1 aliphatic rings. The Morgan fingerprint density at radius 2 is 1.72 bits per heavy atom. The highest BCUT2D eigenvalue weighted by Crippen LogP contribution is 2.29. The number of aromatic nitrogens is 4. The van der Waals surface area contributed by atoms with Crippen LogP contribution in [0.25, 0.3) is 17.0 Å². The van der Waals surface area contributed by atoms with Crippen LogP contribution in [0, 0.1) is 17.5 Å². The van der Waals surface area contributed by atoms with Gasteiger partial charge in [-0.3, -0.25) is 0 Å². The van der Waals surface area contributed by atoms with Gasteiger partial charge in [-0.25, -0.2) is 18.2 Å². The summed E-state index contributed by atoms with van der Waals surface area (Å²) < 4.78 is 43.3. The van der Waals surface area contributed by atoms with Gasteiger partial charge >= 0.3 is 0 Å². The number of rotatable bonds is 4. The Morgan fingerprint density at radius 3 is 2.34 bits per heavy atom. The molecule has 4 rings (SSSR count). The fraction of sp³-hybridized carbons (Fsp3) is 0.421. The number of hydrogen-bond acceptors (Lipinski definition) is 5. The van der Waals surface area contributed by atoms with Crippen molar-refractivity contribution >= 4 is 23.2 Å². The summed E-state index contributed by atoms with van der Waals surface area (Å²) in [4.78, 5) is 10.7. The highest BCUT2D eigenvalue weighted by molar-refractivity contribution is 6.33. The maximum Gasteiger partial charge on any atom is 0.228 e. The van der Waals surface area contributed by atoms with E-state index in [1.165, 1.54) is 10.7 Å². The molecule has 0 radical (unpaired) electrons. The highest BCUT2D eigenvalue weighted by Gasteiger charge is 2.25. The Bertz CT molecular complexity index is 1020. The second kappa shape index (κ2) is 7.79. The van der Waals surface area contributed by atoms with E-state index in [0.29, 0.717) is 18.2 Å². The molecule has 0 bridgehead atoms. The zero-order valence-electron chi connectivity index (χ0n) is 16.0. The summed E-state index contributed by atoms with van der Waals surface area (Å²) in [6, 6.07) is 1.85. The predicted octanol–water partition coefficient (Wildman–Crippen LogP) is 4.15. The van der Waals surface area contributed by atoms with Crippen LogP contribution in [0.3, 0.4) is 0 Å². The lowest BCUT2D eigenvalue weighted by Gasteiger charge is -2.33. The largest absolute Gasteiger partial charge is 0.351 e. The fourth-order valence-electron chi connectivity index (χ4n) is 3.73. The first-order valence-corrected chi connectivity index (χ1v) is 9.70. The molecular weight excluding hydrogens is 405 g/mol. The van der Waals surface area contributed by atoms with Crippen LogP contribution in [0.2, 0.25) is 5.02 Å². The van der Waals surface area contributed by atoms with Crippen molar-refractivity contribution < 1.29 is 13.2 Å². The summed E-state index contributed by atoms with van der Waals surface area (Å²) >= 11 is 6.15. The Morgan fingerprint density at radius 1 is 1.07 bits per heavy atom. The number of anilines is 1. The quantitative estimate of drug-likeness (QED) is 0.682. The van der Waals surface area contributed by atoms with Crippen molar-refractivity contribution in [3.63, 3.8) is 0 Å². The minimum absolute atomic E-state index is 0.128. The molecule has 0 aliphatic heterocycles. The molecule has 0 spiro atoms. The maximum absolute atomic E-state index is 14.3. The van der Waals surface area contributed by atoms with Gasteiger partial charge in [-0.05, 0) is 39.8 Å². The van der Waals surface area contributed by atoms with E-state index in [0.717, 1.165) is 25.7 Å². The molecule has 0 saturated heterocycles. The van der Waals surface area contributed by atoms with Crippen molar-refractivity contribution in [3.05, 3.63) is 40.8 Å². The zero-order chi connectivity index (χ0) is 20.7. The molecule has 0 amide bonds. The van der Waals surface area contributed by atoms with Gasteiger partial charge in [0.1, 0.15) is 22.5 Å². The normalized spacial score (nSPS) is 19.8. The van der Waals surface area contributed by atoms with E-state index < -0.39 is 23.0 Å². The van der Waals surface area contributed by atoms with Gasteiger partial charge in [0.15, 0.2) is 11.5 Å². The van der Waals surface area contributed by atoms with Crippen molar-refractivity contribution in [2.24, 2.45) is 0 Å². The van der Waals surface area contributed by atoms with E-state index in [9.17, 15) is 13.2 Å². The summed E-state index contributed by atoms with van der Waals surface area (Å²) in [6.07, 6.45) is 5.26. The average molecular weight is 425 g/mol. The molecule has 1 aromatic carbocycles. The second-order valence-electron chi connectivity index (χ2n) is 7.46. The van der Waals surface area contributed by atoms with Crippen LogP contribution in [0.5, 0.6) is 0 Å². The third kappa shape index (κ3) is 3.89. The van der Waals surface area contributed by atoms with Gasteiger partial charge in [0.25, 0.3) is 0 Å². The summed E-state index contributed by atoms with van der Waals surface area (Å²) in [5.74, 6) is -3.12. The van der Waals surface area contributed by atoms with E-state index in [-0.39, 0.29) is 28.5 Å². The van der Waals surface area contributed by atoms with Crippen molar-refractivity contribution in [1.29, 1.82) is 0 Å². The molecular formula is C19H20ClF3N6. The molecule has 1 aliphatic carbocycles. The number of hydrogen-bond donors (Lipinski definition) is 1. The molecule has 29 heavy (non-hydrogen) atoms. The first kappa shape index (κ1) is 19.9. The Kier molecular flexibility index (Phi) is 5.35. The van der Waals surface area contributed by atoms with E-state index in [1.54, 1.807) is 0 Å². The SMILES string of the molecule is CN(C)C1CCC(Nc2nc(-c3c(F)cc(F)cc3F)nc3c(Cl)cnn23)CC1. The van der Waals surface area contributed by atoms with Crippen LogP contribution in [0.4, 0.5) is 19.1 Å².